The molecule has 2 aromatic rings. The highest BCUT2D eigenvalue weighted by atomic mass is 16.7. The molecule has 3 rings (SSSR count). The van der Waals surface area contributed by atoms with E-state index in [1.807, 2.05) is 6.07 Å². The summed E-state index contributed by atoms with van der Waals surface area (Å²) in [6.07, 6.45) is 0. The van der Waals surface area contributed by atoms with Crippen LogP contribution in [0.2, 0.25) is 0 Å². The Labute approximate surface area is 114 Å². The summed E-state index contributed by atoms with van der Waals surface area (Å²) in [6, 6.07) is 5.06. The zero-order valence-electron chi connectivity index (χ0n) is 10.7. The van der Waals surface area contributed by atoms with Crippen LogP contribution in [0, 0.1) is 0 Å². The Kier molecular flexibility index (Phi) is 3.03. The van der Waals surface area contributed by atoms with Gasteiger partial charge in [-0.1, -0.05) is 0 Å². The second-order valence-corrected chi connectivity index (χ2v) is 4.27. The van der Waals surface area contributed by atoms with Crippen molar-refractivity contribution in [1.29, 1.82) is 0 Å². The fourth-order valence-electron chi connectivity index (χ4n) is 2.07. The number of aromatic carboxylic acids is 1. The van der Waals surface area contributed by atoms with Crippen LogP contribution in [0.1, 0.15) is 16.1 Å². The topological polar surface area (TPSA) is 93.7 Å². The van der Waals surface area contributed by atoms with Gasteiger partial charge in [0.2, 0.25) is 6.79 Å². The van der Waals surface area contributed by atoms with Crippen molar-refractivity contribution in [3.63, 3.8) is 0 Å². The molecule has 7 heteroatoms. The molecule has 0 saturated carbocycles. The molecule has 0 spiro atoms. The minimum absolute atomic E-state index is 0.0287. The first-order valence-corrected chi connectivity index (χ1v) is 5.89. The number of fused-ring (bicyclic) bond motifs is 1. The average molecular weight is 276 g/mol. The van der Waals surface area contributed by atoms with Crippen molar-refractivity contribution in [1.82, 2.24) is 10.2 Å². The molecule has 2 N–H and O–H groups in total. The number of hydrogen-bond donors (Lipinski definition) is 2. The minimum Gasteiger partial charge on any atom is -0.477 e. The molecule has 1 aromatic carbocycles. The number of ether oxygens (including phenoxy) is 3. The van der Waals surface area contributed by atoms with E-state index in [0.29, 0.717) is 23.8 Å². The molecule has 7 nitrogen and oxygen atoms in total. The monoisotopic (exact) mass is 276 g/mol. The van der Waals surface area contributed by atoms with Crippen LogP contribution in [0.4, 0.5) is 0 Å². The number of carboxylic acid groups (broad SMARTS) is 1. The molecule has 1 aromatic heterocycles. The first kappa shape index (κ1) is 12.5. The molecular weight excluding hydrogens is 264 g/mol. The van der Waals surface area contributed by atoms with Crippen molar-refractivity contribution < 1.29 is 24.1 Å². The van der Waals surface area contributed by atoms with Crippen molar-refractivity contribution in [2.75, 3.05) is 13.9 Å². The Hall–Kier alpha value is -2.54. The lowest BCUT2D eigenvalue weighted by Crippen LogP contribution is -1.95. The number of hydrogen-bond acceptors (Lipinski definition) is 5. The molecule has 20 heavy (non-hydrogen) atoms. The van der Waals surface area contributed by atoms with Gasteiger partial charge in [-0.3, -0.25) is 5.10 Å². The van der Waals surface area contributed by atoms with E-state index in [0.717, 1.165) is 11.1 Å². The third-order valence-electron chi connectivity index (χ3n) is 2.98. The van der Waals surface area contributed by atoms with Crippen LogP contribution in [0.3, 0.4) is 0 Å². The summed E-state index contributed by atoms with van der Waals surface area (Å²) in [5.41, 5.74) is 2.15. The van der Waals surface area contributed by atoms with Crippen molar-refractivity contribution in [2.45, 2.75) is 6.61 Å². The molecule has 1 aliphatic rings. The zero-order chi connectivity index (χ0) is 14.1. The molecule has 0 amide bonds. The van der Waals surface area contributed by atoms with Gasteiger partial charge < -0.3 is 19.3 Å². The molecule has 0 saturated heterocycles. The first-order valence-electron chi connectivity index (χ1n) is 5.89. The van der Waals surface area contributed by atoms with Crippen LogP contribution in [0.5, 0.6) is 11.5 Å². The van der Waals surface area contributed by atoms with E-state index in [4.69, 9.17) is 19.3 Å². The predicted octanol–water partition coefficient (Wildman–Crippen LogP) is 1.65. The maximum atomic E-state index is 10.9. The van der Waals surface area contributed by atoms with Gasteiger partial charge in [-0.15, -0.1) is 0 Å². The molecular formula is C13H12N2O5. The molecule has 0 bridgehead atoms. The van der Waals surface area contributed by atoms with E-state index in [1.165, 1.54) is 6.07 Å². The van der Waals surface area contributed by atoms with Crippen molar-refractivity contribution in [3.05, 3.63) is 29.5 Å². The van der Waals surface area contributed by atoms with Gasteiger partial charge in [-0.25, -0.2) is 4.79 Å². The average Bonchev–Trinajstić information content (AvgIpc) is 3.06. The summed E-state index contributed by atoms with van der Waals surface area (Å²) in [7, 11) is 1.58. The van der Waals surface area contributed by atoms with Gasteiger partial charge in [0.05, 0.1) is 12.3 Å². The fraction of sp³-hybridized carbons (Fsp3) is 0.231. The number of nitrogens with one attached hydrogen (secondary N) is 1. The standard InChI is InChI=1S/C13H12N2O5/c1-18-5-7-2-11-12(20-6-19-11)3-8(7)9-4-10(13(16)17)15-14-9/h2-4H,5-6H2,1H3,(H,14,15)(H,16,17). The Morgan fingerprint density at radius 2 is 2.15 bits per heavy atom. The number of carbonyl (C=O) groups is 1. The number of aromatic amines is 1. The largest absolute Gasteiger partial charge is 0.477 e. The van der Waals surface area contributed by atoms with Gasteiger partial charge in [-0.2, -0.15) is 5.10 Å². The summed E-state index contributed by atoms with van der Waals surface area (Å²) >= 11 is 0. The van der Waals surface area contributed by atoms with Gasteiger partial charge in [-0.05, 0) is 23.8 Å². The van der Waals surface area contributed by atoms with E-state index in [1.54, 1.807) is 13.2 Å². The Balaban J connectivity index is 2.08. The second-order valence-electron chi connectivity index (χ2n) is 4.27. The van der Waals surface area contributed by atoms with Gasteiger partial charge >= 0.3 is 5.97 Å². The highest BCUT2D eigenvalue weighted by Gasteiger charge is 2.20. The van der Waals surface area contributed by atoms with Crippen molar-refractivity contribution >= 4 is 5.97 Å². The number of aromatic nitrogens is 2. The van der Waals surface area contributed by atoms with Crippen LogP contribution in [0.25, 0.3) is 11.3 Å². The molecule has 2 heterocycles. The summed E-state index contributed by atoms with van der Waals surface area (Å²) in [5.74, 6) is 0.201. The lowest BCUT2D eigenvalue weighted by Gasteiger charge is -2.08. The summed E-state index contributed by atoms with van der Waals surface area (Å²) in [6.45, 7) is 0.535. The SMILES string of the molecule is COCc1cc2c(cc1-c1cc(C(=O)O)[nH]n1)OCO2. The number of benzene rings is 1. The Morgan fingerprint density at radius 1 is 1.40 bits per heavy atom. The minimum atomic E-state index is -1.06. The highest BCUT2D eigenvalue weighted by Crippen LogP contribution is 2.38. The summed E-state index contributed by atoms with van der Waals surface area (Å²) in [5, 5.41) is 15.4. The molecule has 0 unspecified atom stereocenters. The third kappa shape index (κ3) is 2.08. The van der Waals surface area contributed by atoms with E-state index in [2.05, 4.69) is 10.2 Å². The van der Waals surface area contributed by atoms with E-state index < -0.39 is 5.97 Å². The van der Waals surface area contributed by atoms with Crippen LogP contribution in [-0.4, -0.2) is 35.2 Å². The number of rotatable bonds is 4. The molecule has 0 fully saturated rings. The van der Waals surface area contributed by atoms with E-state index >= 15 is 0 Å². The van der Waals surface area contributed by atoms with E-state index in [9.17, 15) is 4.79 Å². The maximum absolute atomic E-state index is 10.9. The van der Waals surface area contributed by atoms with Crippen LogP contribution in [0.15, 0.2) is 18.2 Å². The number of H-pyrrole nitrogens is 1. The summed E-state index contributed by atoms with van der Waals surface area (Å²) in [4.78, 5) is 10.9. The lowest BCUT2D eigenvalue weighted by atomic mass is 10.0. The zero-order valence-corrected chi connectivity index (χ0v) is 10.7. The van der Waals surface area contributed by atoms with Crippen LogP contribution < -0.4 is 9.47 Å². The van der Waals surface area contributed by atoms with Crippen LogP contribution in [-0.2, 0) is 11.3 Å². The quantitative estimate of drug-likeness (QED) is 0.881. The second kappa shape index (κ2) is 4.86. The maximum Gasteiger partial charge on any atom is 0.353 e. The van der Waals surface area contributed by atoms with Crippen molar-refractivity contribution in [3.8, 4) is 22.8 Å². The normalized spacial score (nSPS) is 12.7. The van der Waals surface area contributed by atoms with Gasteiger partial charge in [0.15, 0.2) is 11.5 Å². The molecule has 0 radical (unpaired) electrons. The molecule has 104 valence electrons. The smallest absolute Gasteiger partial charge is 0.353 e. The lowest BCUT2D eigenvalue weighted by molar-refractivity contribution is 0.0690. The summed E-state index contributed by atoms with van der Waals surface area (Å²) < 4.78 is 15.8. The molecule has 0 atom stereocenters. The van der Waals surface area contributed by atoms with Gasteiger partial charge in [0.1, 0.15) is 5.69 Å². The molecule has 1 aliphatic heterocycles. The predicted molar refractivity (Wildman–Crippen MR) is 67.8 cm³/mol. The molecule has 0 aliphatic carbocycles. The van der Waals surface area contributed by atoms with Crippen LogP contribution >= 0.6 is 0 Å². The van der Waals surface area contributed by atoms with E-state index in [-0.39, 0.29) is 12.5 Å². The van der Waals surface area contributed by atoms with Gasteiger partial charge in [0, 0.05) is 12.7 Å². The van der Waals surface area contributed by atoms with Gasteiger partial charge in [0.25, 0.3) is 0 Å². The first-order chi connectivity index (χ1) is 9.69. The number of nitrogens with zero attached hydrogens (tertiary/aromatic N) is 1. The Bertz CT molecular complexity index is 665. The number of carboxylic acids is 1. The third-order valence-corrected chi connectivity index (χ3v) is 2.98. The highest BCUT2D eigenvalue weighted by molar-refractivity contribution is 5.87. The van der Waals surface area contributed by atoms with Crippen molar-refractivity contribution in [2.24, 2.45) is 0 Å². The number of methoxy groups -OCH3 is 1. The Morgan fingerprint density at radius 3 is 2.80 bits per heavy atom. The fourth-order valence-corrected chi connectivity index (χ4v) is 2.07.